The van der Waals surface area contributed by atoms with E-state index in [0.717, 1.165) is 22.3 Å². The molecule has 2 atom stereocenters. The Morgan fingerprint density at radius 2 is 1.54 bits per heavy atom. The monoisotopic (exact) mass is 482 g/mol. The molecule has 1 unspecified atom stereocenters. The molecule has 188 valence electrons. The minimum atomic E-state index is -1.17. The van der Waals surface area contributed by atoms with Gasteiger partial charge in [-0.15, -0.1) is 0 Å². The van der Waals surface area contributed by atoms with Crippen LogP contribution in [-0.4, -0.2) is 54.5 Å². The number of nitrogens with one attached hydrogen (secondary N) is 2. The van der Waals surface area contributed by atoms with Gasteiger partial charge in [0.2, 0.25) is 5.91 Å². The Bertz CT molecular complexity index is 1020. The van der Waals surface area contributed by atoms with Gasteiger partial charge in [0, 0.05) is 19.4 Å². The van der Waals surface area contributed by atoms with Gasteiger partial charge in [-0.2, -0.15) is 0 Å². The number of benzene rings is 2. The van der Waals surface area contributed by atoms with Crippen LogP contribution in [0.4, 0.5) is 4.79 Å². The van der Waals surface area contributed by atoms with Gasteiger partial charge < -0.3 is 25.2 Å². The van der Waals surface area contributed by atoms with Gasteiger partial charge in [-0.25, -0.2) is 9.59 Å². The molecule has 2 amide bonds. The van der Waals surface area contributed by atoms with Crippen LogP contribution in [0.25, 0.3) is 11.1 Å². The van der Waals surface area contributed by atoms with Crippen molar-refractivity contribution in [3.63, 3.8) is 0 Å². The highest BCUT2D eigenvalue weighted by atomic mass is 16.5. The third-order valence-corrected chi connectivity index (χ3v) is 6.39. The van der Waals surface area contributed by atoms with Crippen LogP contribution in [0.5, 0.6) is 0 Å². The molecule has 35 heavy (non-hydrogen) atoms. The van der Waals surface area contributed by atoms with E-state index in [1.54, 1.807) is 13.8 Å². The molecule has 3 N–H and O–H groups in total. The van der Waals surface area contributed by atoms with Gasteiger partial charge >= 0.3 is 12.1 Å². The summed E-state index contributed by atoms with van der Waals surface area (Å²) in [6.07, 6.45) is 0.317. The summed E-state index contributed by atoms with van der Waals surface area (Å²) >= 11 is 0. The summed E-state index contributed by atoms with van der Waals surface area (Å²) in [6.45, 7) is 5.49. The summed E-state index contributed by atoms with van der Waals surface area (Å²) < 4.78 is 10.8. The van der Waals surface area contributed by atoms with Crippen molar-refractivity contribution in [1.29, 1.82) is 0 Å². The number of alkyl carbamates (subject to hydrolysis) is 1. The standard InChI is InChI=1S/C27H34N2O6/c1-5-10-22(24(30)28-23(25(31)32)15-27(2,3)34-4)29-26(33)35-16-21-19-13-8-6-11-17(19)18-12-7-9-14-20(18)21/h6-9,11-14,21-23H,5,10,15-16H2,1-4H3,(H,28,30)(H,29,33)(H,31,32)/t22-,23?/m0/s1. The largest absolute Gasteiger partial charge is 0.480 e. The molecule has 2 aromatic rings. The Hall–Kier alpha value is -3.39. The molecule has 0 aliphatic heterocycles. The van der Waals surface area contributed by atoms with Crippen LogP contribution in [-0.2, 0) is 19.1 Å². The first-order valence-electron chi connectivity index (χ1n) is 11.9. The Morgan fingerprint density at radius 3 is 2.06 bits per heavy atom. The van der Waals surface area contributed by atoms with E-state index >= 15 is 0 Å². The number of aliphatic carboxylic acids is 1. The quantitative estimate of drug-likeness (QED) is 0.445. The number of amides is 2. The topological polar surface area (TPSA) is 114 Å². The van der Waals surface area contributed by atoms with Crippen LogP contribution in [0.3, 0.4) is 0 Å². The summed E-state index contributed by atoms with van der Waals surface area (Å²) in [5, 5.41) is 14.7. The van der Waals surface area contributed by atoms with E-state index in [-0.39, 0.29) is 18.9 Å². The highest BCUT2D eigenvalue weighted by Crippen LogP contribution is 2.44. The third kappa shape index (κ3) is 6.39. The highest BCUT2D eigenvalue weighted by molar-refractivity contribution is 5.89. The molecule has 0 radical (unpaired) electrons. The molecule has 0 aromatic heterocycles. The lowest BCUT2D eigenvalue weighted by atomic mass is 9.98. The number of carbonyl (C=O) groups excluding carboxylic acids is 2. The van der Waals surface area contributed by atoms with Crippen molar-refractivity contribution < 1.29 is 29.0 Å². The van der Waals surface area contributed by atoms with Gasteiger partial charge in [-0.3, -0.25) is 4.79 Å². The predicted octanol–water partition coefficient (Wildman–Crippen LogP) is 4.08. The van der Waals surface area contributed by atoms with E-state index in [2.05, 4.69) is 22.8 Å². The van der Waals surface area contributed by atoms with Gasteiger partial charge in [0.05, 0.1) is 5.60 Å². The molecule has 0 fully saturated rings. The Balaban J connectivity index is 1.64. The fourth-order valence-electron chi connectivity index (χ4n) is 4.39. The number of ether oxygens (including phenoxy) is 2. The fraction of sp³-hybridized carbons (Fsp3) is 0.444. The first-order valence-corrected chi connectivity index (χ1v) is 11.9. The fourth-order valence-corrected chi connectivity index (χ4v) is 4.39. The molecule has 0 bridgehead atoms. The van der Waals surface area contributed by atoms with Crippen molar-refractivity contribution in [2.75, 3.05) is 13.7 Å². The number of hydrogen-bond acceptors (Lipinski definition) is 5. The Kier molecular flexibility index (Phi) is 8.51. The molecule has 0 heterocycles. The van der Waals surface area contributed by atoms with E-state index in [1.165, 1.54) is 7.11 Å². The molecule has 1 aliphatic carbocycles. The summed E-state index contributed by atoms with van der Waals surface area (Å²) in [4.78, 5) is 37.2. The average molecular weight is 483 g/mol. The summed E-state index contributed by atoms with van der Waals surface area (Å²) in [5.41, 5.74) is 3.69. The lowest BCUT2D eigenvalue weighted by Gasteiger charge is -2.28. The van der Waals surface area contributed by atoms with Gasteiger partial charge in [-0.1, -0.05) is 61.9 Å². The van der Waals surface area contributed by atoms with Crippen molar-refractivity contribution >= 4 is 18.0 Å². The van der Waals surface area contributed by atoms with Crippen molar-refractivity contribution in [1.82, 2.24) is 10.6 Å². The molecule has 8 heteroatoms. The van der Waals surface area contributed by atoms with Gasteiger partial charge in [-0.05, 0) is 42.5 Å². The van der Waals surface area contributed by atoms with Crippen LogP contribution >= 0.6 is 0 Å². The molecule has 1 aliphatic rings. The number of carboxylic acid groups (broad SMARTS) is 1. The second-order valence-electron chi connectivity index (χ2n) is 9.38. The molecule has 0 spiro atoms. The van der Waals surface area contributed by atoms with E-state index in [9.17, 15) is 19.5 Å². The molecule has 0 saturated heterocycles. The van der Waals surface area contributed by atoms with Crippen molar-refractivity contribution in [3.05, 3.63) is 59.7 Å². The SMILES string of the molecule is CCC[C@H](NC(=O)OCC1c2ccccc2-c2ccccc21)C(=O)NC(CC(C)(C)OC)C(=O)O. The highest BCUT2D eigenvalue weighted by Gasteiger charge is 2.32. The zero-order valence-corrected chi connectivity index (χ0v) is 20.7. The van der Waals surface area contributed by atoms with E-state index in [4.69, 9.17) is 9.47 Å². The minimum absolute atomic E-state index is 0.0777. The number of carbonyl (C=O) groups is 3. The van der Waals surface area contributed by atoms with Gasteiger partial charge in [0.15, 0.2) is 0 Å². The Labute approximate surface area is 206 Å². The van der Waals surface area contributed by atoms with Crippen LogP contribution in [0.15, 0.2) is 48.5 Å². The average Bonchev–Trinajstić information content (AvgIpc) is 3.15. The van der Waals surface area contributed by atoms with Gasteiger partial charge in [0.1, 0.15) is 18.7 Å². The van der Waals surface area contributed by atoms with E-state index < -0.39 is 35.7 Å². The predicted molar refractivity (Wildman–Crippen MR) is 132 cm³/mol. The lowest BCUT2D eigenvalue weighted by Crippen LogP contribution is -2.53. The molecular weight excluding hydrogens is 448 g/mol. The first kappa shape index (κ1) is 26.2. The van der Waals surface area contributed by atoms with E-state index in [0.29, 0.717) is 12.8 Å². The van der Waals surface area contributed by atoms with Gasteiger partial charge in [0.25, 0.3) is 0 Å². The maximum absolute atomic E-state index is 12.9. The first-order chi connectivity index (χ1) is 16.7. The van der Waals surface area contributed by atoms with Crippen molar-refractivity contribution in [2.24, 2.45) is 0 Å². The summed E-state index contributed by atoms with van der Waals surface area (Å²) in [6, 6.07) is 14.0. The van der Waals surface area contributed by atoms with E-state index in [1.807, 2.05) is 43.3 Å². The molecular formula is C27H34N2O6. The molecule has 0 saturated carbocycles. The smallest absolute Gasteiger partial charge is 0.407 e. The zero-order chi connectivity index (χ0) is 25.6. The maximum atomic E-state index is 12.9. The Morgan fingerprint density at radius 1 is 0.971 bits per heavy atom. The summed E-state index contributed by atoms with van der Waals surface area (Å²) in [7, 11) is 1.49. The van der Waals surface area contributed by atoms with Crippen molar-refractivity contribution in [3.8, 4) is 11.1 Å². The summed E-state index contributed by atoms with van der Waals surface area (Å²) in [5.74, 6) is -1.83. The van der Waals surface area contributed by atoms with Crippen LogP contribution in [0.2, 0.25) is 0 Å². The number of hydrogen-bond donors (Lipinski definition) is 3. The number of methoxy groups -OCH3 is 1. The minimum Gasteiger partial charge on any atom is -0.480 e. The van der Waals surface area contributed by atoms with Crippen LogP contribution in [0.1, 0.15) is 57.1 Å². The second-order valence-corrected chi connectivity index (χ2v) is 9.38. The third-order valence-electron chi connectivity index (χ3n) is 6.39. The number of fused-ring (bicyclic) bond motifs is 3. The number of carboxylic acids is 1. The molecule has 2 aromatic carbocycles. The molecule has 3 rings (SSSR count). The number of rotatable bonds is 11. The lowest BCUT2D eigenvalue weighted by molar-refractivity contribution is -0.144. The second kappa shape index (κ2) is 11.4. The normalized spacial score (nSPS) is 14.4. The van der Waals surface area contributed by atoms with Crippen molar-refractivity contribution in [2.45, 2.75) is 63.6 Å². The van der Waals surface area contributed by atoms with Crippen LogP contribution in [0, 0.1) is 0 Å². The van der Waals surface area contributed by atoms with Crippen LogP contribution < -0.4 is 10.6 Å². The zero-order valence-electron chi connectivity index (χ0n) is 20.7. The molecule has 8 nitrogen and oxygen atoms in total. The maximum Gasteiger partial charge on any atom is 0.407 e.